The number of carbonyl (C=O) groups is 2. The summed E-state index contributed by atoms with van der Waals surface area (Å²) in [6.45, 7) is 9.47. The first-order chi connectivity index (χ1) is 29.7. The largest absolute Gasteiger partial charge is 0.371 e. The number of likely N-dealkylation sites (tertiary alicyclic amines) is 1. The van der Waals surface area contributed by atoms with E-state index in [4.69, 9.17) is 23.2 Å². The molecule has 61 heavy (non-hydrogen) atoms. The number of aromatic nitrogens is 3. The Kier molecular flexibility index (Phi) is 13.4. The Bertz CT molecular complexity index is 2590. The number of fused-ring (bicyclic) bond motifs is 2. The Morgan fingerprint density at radius 3 is 1.49 bits per heavy atom. The van der Waals surface area contributed by atoms with Crippen LogP contribution in [0, 0.1) is 0 Å². The minimum Gasteiger partial charge on any atom is -0.371 e. The van der Waals surface area contributed by atoms with E-state index >= 15 is 0 Å². The lowest BCUT2D eigenvalue weighted by Gasteiger charge is -2.34. The standard InChI is InChI=1S/C26H25ClN4O.C24H28ClN3O/c27-23-7-3-1-6-20(23)18-31-24-8-4-2-5-19(24)17-25(31)26(32)29-21-11-15-30(16-12-21)22-9-13-28-14-10-22;1-17(2)27-13-11-20(12-14-27)26-24(29)23-15-18-7-4-6-10-22(18)28(23)16-19-8-3-5-9-21(19)25/h1-10,13-14,17,21H,11-12,15-16,18H2,(H,29,32);3-10,15,17,20H,11-14,16H2,1-2H3,(H,26,29). The third kappa shape index (κ3) is 9.97. The highest BCUT2D eigenvalue weighted by atomic mass is 35.5. The second-order valence-electron chi connectivity index (χ2n) is 16.3. The molecular weight excluding hydrogens is 802 g/mol. The quantitative estimate of drug-likeness (QED) is 0.143. The monoisotopic (exact) mass is 853 g/mol. The Balaban J connectivity index is 0.000000169. The molecule has 5 heterocycles. The summed E-state index contributed by atoms with van der Waals surface area (Å²) in [5.41, 5.74) is 6.63. The summed E-state index contributed by atoms with van der Waals surface area (Å²) < 4.78 is 4.15. The normalized spacial score (nSPS) is 15.2. The first-order valence-electron chi connectivity index (χ1n) is 21.4. The van der Waals surface area contributed by atoms with Gasteiger partial charge >= 0.3 is 0 Å². The van der Waals surface area contributed by atoms with Crippen molar-refractivity contribution in [2.75, 3.05) is 31.1 Å². The van der Waals surface area contributed by atoms with E-state index in [1.54, 1.807) is 0 Å². The van der Waals surface area contributed by atoms with Gasteiger partial charge in [0.1, 0.15) is 11.4 Å². The van der Waals surface area contributed by atoms with Crippen LogP contribution in [0.3, 0.4) is 0 Å². The predicted octanol–water partition coefficient (Wildman–Crippen LogP) is 10.1. The number of pyridine rings is 1. The minimum absolute atomic E-state index is 0.00347. The number of rotatable bonds is 10. The van der Waals surface area contributed by atoms with Crippen molar-refractivity contribution in [3.63, 3.8) is 0 Å². The lowest BCUT2D eigenvalue weighted by molar-refractivity contribution is 0.0890. The molecule has 4 aromatic carbocycles. The summed E-state index contributed by atoms with van der Waals surface area (Å²) in [4.78, 5) is 35.5. The number of nitrogens with zero attached hydrogens (tertiary/aromatic N) is 5. The summed E-state index contributed by atoms with van der Waals surface area (Å²) in [6.07, 6.45) is 7.46. The number of carbonyl (C=O) groups excluding carboxylic acids is 2. The van der Waals surface area contributed by atoms with Gasteiger partial charge in [0.05, 0.1) is 0 Å². The summed E-state index contributed by atoms with van der Waals surface area (Å²) in [7, 11) is 0. The van der Waals surface area contributed by atoms with Crippen LogP contribution in [0.15, 0.2) is 134 Å². The highest BCUT2D eigenvalue weighted by Crippen LogP contribution is 2.27. The molecule has 11 heteroatoms. The third-order valence-electron chi connectivity index (χ3n) is 12.1. The topological polar surface area (TPSA) is 87.4 Å². The maximum Gasteiger partial charge on any atom is 0.268 e. The Morgan fingerprint density at radius 2 is 1.03 bits per heavy atom. The van der Waals surface area contributed by atoms with Gasteiger partial charge < -0.3 is 29.6 Å². The molecule has 0 aliphatic carbocycles. The molecule has 2 saturated heterocycles. The number of halogens is 2. The first-order valence-corrected chi connectivity index (χ1v) is 22.1. The fourth-order valence-corrected chi connectivity index (χ4v) is 9.04. The molecule has 0 radical (unpaired) electrons. The molecular formula is C50H53Cl2N7O2. The predicted molar refractivity (Wildman–Crippen MR) is 249 cm³/mol. The number of hydrogen-bond acceptors (Lipinski definition) is 5. The van der Waals surface area contributed by atoms with Gasteiger partial charge in [0.25, 0.3) is 11.8 Å². The molecule has 2 N–H and O–H groups in total. The number of benzene rings is 4. The molecule has 9 rings (SSSR count). The van der Waals surface area contributed by atoms with Gasteiger partial charge in [-0.25, -0.2) is 0 Å². The molecule has 2 fully saturated rings. The van der Waals surface area contributed by atoms with E-state index in [0.29, 0.717) is 35.5 Å². The molecule has 2 aliphatic heterocycles. The van der Waals surface area contributed by atoms with Gasteiger partial charge in [-0.3, -0.25) is 14.6 Å². The van der Waals surface area contributed by atoms with E-state index in [0.717, 1.165) is 89.8 Å². The van der Waals surface area contributed by atoms with Crippen LogP contribution in [0.4, 0.5) is 5.69 Å². The Labute approximate surface area is 368 Å². The van der Waals surface area contributed by atoms with E-state index in [1.807, 2.05) is 116 Å². The van der Waals surface area contributed by atoms with Gasteiger partial charge in [0.15, 0.2) is 0 Å². The molecule has 314 valence electrons. The van der Waals surface area contributed by atoms with Crippen LogP contribution in [0.5, 0.6) is 0 Å². The molecule has 0 saturated carbocycles. The van der Waals surface area contributed by atoms with E-state index in [1.165, 1.54) is 5.69 Å². The molecule has 9 nitrogen and oxygen atoms in total. The van der Waals surface area contributed by atoms with Gasteiger partial charge in [-0.2, -0.15) is 0 Å². The number of piperidine rings is 2. The van der Waals surface area contributed by atoms with Crippen molar-refractivity contribution in [2.45, 2.75) is 70.7 Å². The lowest BCUT2D eigenvalue weighted by atomic mass is 10.0. The average Bonchev–Trinajstić information content (AvgIpc) is 3.85. The van der Waals surface area contributed by atoms with E-state index in [9.17, 15) is 9.59 Å². The molecule has 0 bridgehead atoms. The van der Waals surface area contributed by atoms with Crippen LogP contribution in [0.1, 0.15) is 71.6 Å². The molecule has 2 amide bonds. The van der Waals surface area contributed by atoms with Crippen LogP contribution >= 0.6 is 23.2 Å². The van der Waals surface area contributed by atoms with Gasteiger partial charge in [0, 0.05) is 107 Å². The van der Waals surface area contributed by atoms with E-state index in [-0.39, 0.29) is 23.9 Å². The SMILES string of the molecule is CC(C)N1CCC(NC(=O)c2cc3ccccc3n2Cc2ccccc2Cl)CC1.O=C(NC1CCN(c2ccncc2)CC1)c1cc2ccccc2n1Cc1ccccc1Cl. The number of hydrogen-bond donors (Lipinski definition) is 2. The minimum atomic E-state index is -0.0318. The molecule has 0 unspecified atom stereocenters. The zero-order valence-corrected chi connectivity index (χ0v) is 36.3. The molecule has 7 aromatic rings. The smallest absolute Gasteiger partial charge is 0.268 e. The second kappa shape index (κ2) is 19.4. The Morgan fingerprint density at radius 1 is 0.607 bits per heavy atom. The van der Waals surface area contributed by atoms with E-state index < -0.39 is 0 Å². The van der Waals surface area contributed by atoms with Crippen molar-refractivity contribution >= 4 is 62.5 Å². The highest BCUT2D eigenvalue weighted by molar-refractivity contribution is 6.31. The summed E-state index contributed by atoms with van der Waals surface area (Å²) in [5.74, 6) is -0.0353. The van der Waals surface area contributed by atoms with Crippen LogP contribution in [0.25, 0.3) is 21.8 Å². The fraction of sp³-hybridized carbons (Fsp3) is 0.300. The average molecular weight is 855 g/mol. The first kappa shape index (κ1) is 42.1. The van der Waals surface area contributed by atoms with Crippen molar-refractivity contribution in [1.82, 2.24) is 29.7 Å². The van der Waals surface area contributed by atoms with Crippen LogP contribution in [0.2, 0.25) is 10.0 Å². The van der Waals surface area contributed by atoms with Gasteiger partial charge in [0.2, 0.25) is 0 Å². The van der Waals surface area contributed by atoms with Crippen molar-refractivity contribution in [2.24, 2.45) is 0 Å². The van der Waals surface area contributed by atoms with Gasteiger partial charge in [-0.15, -0.1) is 0 Å². The molecule has 3 aromatic heterocycles. The maximum atomic E-state index is 13.3. The van der Waals surface area contributed by atoms with E-state index in [2.05, 4.69) is 66.6 Å². The fourth-order valence-electron chi connectivity index (χ4n) is 8.65. The molecule has 2 aliphatic rings. The second-order valence-corrected chi connectivity index (χ2v) is 17.2. The number of anilines is 1. The maximum absolute atomic E-state index is 13.3. The molecule has 0 spiro atoms. The third-order valence-corrected chi connectivity index (χ3v) is 12.8. The zero-order valence-electron chi connectivity index (χ0n) is 34.8. The van der Waals surface area contributed by atoms with Crippen molar-refractivity contribution in [1.29, 1.82) is 0 Å². The zero-order chi connectivity index (χ0) is 42.3. The Hall–Kier alpha value is -5.61. The molecule has 0 atom stereocenters. The van der Waals surface area contributed by atoms with Crippen molar-refractivity contribution in [3.8, 4) is 0 Å². The number of amides is 2. The van der Waals surface area contributed by atoms with Crippen molar-refractivity contribution in [3.05, 3.63) is 166 Å². The van der Waals surface area contributed by atoms with Crippen LogP contribution in [-0.2, 0) is 13.1 Å². The highest BCUT2D eigenvalue weighted by Gasteiger charge is 2.26. The number of para-hydroxylation sites is 2. The van der Waals surface area contributed by atoms with Crippen molar-refractivity contribution < 1.29 is 9.59 Å². The van der Waals surface area contributed by atoms with Gasteiger partial charge in [-0.05, 0) is 99.2 Å². The number of nitrogens with one attached hydrogen (secondary N) is 2. The van der Waals surface area contributed by atoms with Crippen LogP contribution < -0.4 is 15.5 Å². The summed E-state index contributed by atoms with van der Waals surface area (Å²) >= 11 is 12.8. The summed E-state index contributed by atoms with van der Waals surface area (Å²) in [5, 5.41) is 10.1. The van der Waals surface area contributed by atoms with Crippen LogP contribution in [-0.4, -0.2) is 75.1 Å². The summed E-state index contributed by atoms with van der Waals surface area (Å²) in [6, 6.07) is 40.8. The lowest BCUT2D eigenvalue weighted by Crippen LogP contribution is -2.46. The van der Waals surface area contributed by atoms with Gasteiger partial charge in [-0.1, -0.05) is 96.0 Å².